The predicted octanol–water partition coefficient (Wildman–Crippen LogP) is 2.34. The second kappa shape index (κ2) is 4.70. The number of rotatable bonds is 4. The Morgan fingerprint density at radius 3 is 2.94 bits per heavy atom. The van der Waals surface area contributed by atoms with E-state index >= 15 is 0 Å². The second-order valence-corrected chi connectivity index (χ2v) is 3.92. The Morgan fingerprint density at radius 2 is 2.25 bits per heavy atom. The van der Waals surface area contributed by atoms with E-state index in [-0.39, 0.29) is 6.79 Å². The quantitative estimate of drug-likeness (QED) is 0.855. The van der Waals surface area contributed by atoms with Gasteiger partial charge in [-0.2, -0.15) is 0 Å². The third kappa shape index (κ3) is 2.11. The highest BCUT2D eigenvalue weighted by Crippen LogP contribution is 2.39. The molecule has 0 saturated carbocycles. The lowest BCUT2D eigenvalue weighted by molar-refractivity contribution is 0.173. The monoisotopic (exact) mass is 225 g/mol. The number of fused-ring (bicyclic) bond motifs is 1. The standard InChI is InChI=1S/C12H16FNO2/c1-8(13)10-5-9(3-2-4-14)12-11(6-10)15-7-16-12/h5-6,8H,2-4,7,14H2,1H3. The molecule has 0 radical (unpaired) electrons. The van der Waals surface area contributed by atoms with Crippen molar-refractivity contribution in [1.82, 2.24) is 0 Å². The number of alkyl halides is 1. The summed E-state index contributed by atoms with van der Waals surface area (Å²) in [4.78, 5) is 0. The van der Waals surface area contributed by atoms with E-state index in [4.69, 9.17) is 15.2 Å². The molecule has 0 spiro atoms. The first-order valence-electron chi connectivity index (χ1n) is 5.49. The summed E-state index contributed by atoms with van der Waals surface area (Å²) in [5, 5.41) is 0. The summed E-state index contributed by atoms with van der Waals surface area (Å²) in [5.74, 6) is 1.40. The summed E-state index contributed by atoms with van der Waals surface area (Å²) in [5.41, 5.74) is 7.09. The fourth-order valence-electron chi connectivity index (χ4n) is 1.81. The first-order chi connectivity index (χ1) is 7.72. The van der Waals surface area contributed by atoms with E-state index in [1.807, 2.05) is 6.07 Å². The fraction of sp³-hybridized carbons (Fsp3) is 0.500. The Morgan fingerprint density at radius 1 is 1.44 bits per heavy atom. The van der Waals surface area contributed by atoms with Crippen LogP contribution >= 0.6 is 0 Å². The molecule has 1 aliphatic heterocycles. The van der Waals surface area contributed by atoms with Gasteiger partial charge in [0.25, 0.3) is 0 Å². The van der Waals surface area contributed by atoms with E-state index in [0.29, 0.717) is 17.9 Å². The molecule has 0 fully saturated rings. The van der Waals surface area contributed by atoms with Crippen molar-refractivity contribution in [2.75, 3.05) is 13.3 Å². The van der Waals surface area contributed by atoms with Gasteiger partial charge in [0.05, 0.1) is 0 Å². The smallest absolute Gasteiger partial charge is 0.231 e. The maximum Gasteiger partial charge on any atom is 0.231 e. The molecule has 1 heterocycles. The van der Waals surface area contributed by atoms with Gasteiger partial charge in [0.1, 0.15) is 6.17 Å². The van der Waals surface area contributed by atoms with Gasteiger partial charge in [-0.25, -0.2) is 4.39 Å². The highest BCUT2D eigenvalue weighted by molar-refractivity contribution is 5.51. The van der Waals surface area contributed by atoms with Crippen molar-refractivity contribution in [3.8, 4) is 11.5 Å². The zero-order valence-corrected chi connectivity index (χ0v) is 9.33. The lowest BCUT2D eigenvalue weighted by Crippen LogP contribution is -2.02. The maximum absolute atomic E-state index is 13.3. The SMILES string of the molecule is CC(F)c1cc(CCCN)c2c(c1)OCO2. The van der Waals surface area contributed by atoms with Crippen molar-refractivity contribution in [2.45, 2.75) is 25.9 Å². The molecule has 1 aromatic rings. The minimum atomic E-state index is -0.994. The number of aryl methyl sites for hydroxylation is 1. The first kappa shape index (κ1) is 11.2. The van der Waals surface area contributed by atoms with Gasteiger partial charge in [-0.05, 0) is 49.6 Å². The average Bonchev–Trinajstić information content (AvgIpc) is 2.73. The van der Waals surface area contributed by atoms with Crippen LogP contribution in [0.2, 0.25) is 0 Å². The summed E-state index contributed by atoms with van der Waals surface area (Å²) in [7, 11) is 0. The summed E-state index contributed by atoms with van der Waals surface area (Å²) in [6.07, 6.45) is 0.661. The number of ether oxygens (including phenoxy) is 2. The van der Waals surface area contributed by atoms with Crippen molar-refractivity contribution in [3.63, 3.8) is 0 Å². The Kier molecular flexibility index (Phi) is 3.29. The summed E-state index contributed by atoms with van der Waals surface area (Å²) in [6.45, 7) is 2.35. The molecule has 0 aliphatic carbocycles. The van der Waals surface area contributed by atoms with Crippen LogP contribution in [0.1, 0.15) is 30.6 Å². The molecule has 88 valence electrons. The normalized spacial score (nSPS) is 15.2. The van der Waals surface area contributed by atoms with E-state index in [9.17, 15) is 4.39 Å². The van der Waals surface area contributed by atoms with E-state index in [1.165, 1.54) is 6.92 Å². The Bertz CT molecular complexity index is 380. The van der Waals surface area contributed by atoms with E-state index in [1.54, 1.807) is 6.07 Å². The molecule has 1 atom stereocenters. The molecular formula is C12H16FNO2. The van der Waals surface area contributed by atoms with Crippen LogP contribution in [0, 0.1) is 0 Å². The van der Waals surface area contributed by atoms with Crippen LogP contribution in [0.3, 0.4) is 0 Å². The van der Waals surface area contributed by atoms with Crippen LogP contribution < -0.4 is 15.2 Å². The molecule has 3 nitrogen and oxygen atoms in total. The maximum atomic E-state index is 13.3. The average molecular weight is 225 g/mol. The van der Waals surface area contributed by atoms with Crippen LogP contribution in [0.25, 0.3) is 0 Å². The first-order valence-corrected chi connectivity index (χ1v) is 5.49. The van der Waals surface area contributed by atoms with E-state index in [2.05, 4.69) is 0 Å². The summed E-state index contributed by atoms with van der Waals surface area (Å²) < 4.78 is 23.9. The van der Waals surface area contributed by atoms with E-state index in [0.717, 1.165) is 24.2 Å². The predicted molar refractivity (Wildman–Crippen MR) is 59.5 cm³/mol. The van der Waals surface area contributed by atoms with Gasteiger partial charge in [-0.3, -0.25) is 0 Å². The molecule has 2 N–H and O–H groups in total. The highest BCUT2D eigenvalue weighted by Gasteiger charge is 2.20. The molecule has 0 amide bonds. The van der Waals surface area contributed by atoms with Gasteiger partial charge in [0.2, 0.25) is 6.79 Å². The number of nitrogens with two attached hydrogens (primary N) is 1. The molecule has 4 heteroatoms. The topological polar surface area (TPSA) is 44.5 Å². The van der Waals surface area contributed by atoms with Gasteiger partial charge in [-0.15, -0.1) is 0 Å². The van der Waals surface area contributed by atoms with Crippen LogP contribution in [0.5, 0.6) is 11.5 Å². The zero-order valence-electron chi connectivity index (χ0n) is 9.33. The van der Waals surface area contributed by atoms with Crippen molar-refractivity contribution in [3.05, 3.63) is 23.3 Å². The van der Waals surface area contributed by atoms with E-state index < -0.39 is 6.17 Å². The van der Waals surface area contributed by atoms with Crippen molar-refractivity contribution in [2.24, 2.45) is 5.73 Å². The molecule has 0 aromatic heterocycles. The summed E-state index contributed by atoms with van der Waals surface area (Å²) >= 11 is 0. The molecule has 0 bridgehead atoms. The van der Waals surface area contributed by atoms with Crippen molar-refractivity contribution in [1.29, 1.82) is 0 Å². The Hall–Kier alpha value is -1.29. The van der Waals surface area contributed by atoms with Gasteiger partial charge >= 0.3 is 0 Å². The lowest BCUT2D eigenvalue weighted by atomic mass is 10.0. The number of hydrogen-bond donors (Lipinski definition) is 1. The molecule has 2 rings (SSSR count). The minimum Gasteiger partial charge on any atom is -0.454 e. The molecular weight excluding hydrogens is 209 g/mol. The molecule has 1 aromatic carbocycles. The largest absolute Gasteiger partial charge is 0.454 e. The second-order valence-electron chi connectivity index (χ2n) is 3.92. The van der Waals surface area contributed by atoms with Crippen molar-refractivity contribution < 1.29 is 13.9 Å². The highest BCUT2D eigenvalue weighted by atomic mass is 19.1. The molecule has 16 heavy (non-hydrogen) atoms. The van der Waals surface area contributed by atoms with Crippen LogP contribution in [0.15, 0.2) is 12.1 Å². The minimum absolute atomic E-state index is 0.217. The fourth-order valence-corrected chi connectivity index (χ4v) is 1.81. The third-order valence-corrected chi connectivity index (χ3v) is 2.68. The van der Waals surface area contributed by atoms with Crippen LogP contribution in [-0.2, 0) is 6.42 Å². The zero-order chi connectivity index (χ0) is 11.5. The Labute approximate surface area is 94.3 Å². The molecule has 1 unspecified atom stereocenters. The lowest BCUT2D eigenvalue weighted by Gasteiger charge is -2.09. The number of hydrogen-bond acceptors (Lipinski definition) is 3. The van der Waals surface area contributed by atoms with Gasteiger partial charge in [-0.1, -0.05) is 0 Å². The Balaban J connectivity index is 2.33. The van der Waals surface area contributed by atoms with Crippen molar-refractivity contribution >= 4 is 0 Å². The molecule has 0 saturated heterocycles. The summed E-state index contributed by atoms with van der Waals surface area (Å²) in [6, 6.07) is 3.55. The third-order valence-electron chi connectivity index (χ3n) is 2.68. The van der Waals surface area contributed by atoms with Gasteiger partial charge < -0.3 is 15.2 Å². The van der Waals surface area contributed by atoms with Crippen LogP contribution in [-0.4, -0.2) is 13.3 Å². The molecule has 1 aliphatic rings. The number of benzene rings is 1. The van der Waals surface area contributed by atoms with Gasteiger partial charge in [0.15, 0.2) is 11.5 Å². The number of halogens is 1. The van der Waals surface area contributed by atoms with Gasteiger partial charge in [0, 0.05) is 0 Å². The van der Waals surface area contributed by atoms with Crippen LogP contribution in [0.4, 0.5) is 4.39 Å².